The third-order valence-electron chi connectivity index (χ3n) is 7.80. The zero-order valence-electron chi connectivity index (χ0n) is 25.9. The molecule has 0 bridgehead atoms. The summed E-state index contributed by atoms with van der Waals surface area (Å²) in [4.78, 5) is 0. The van der Waals surface area contributed by atoms with Crippen molar-refractivity contribution in [1.29, 1.82) is 0 Å². The van der Waals surface area contributed by atoms with E-state index in [1.807, 2.05) is 11.3 Å². The van der Waals surface area contributed by atoms with Crippen LogP contribution < -0.4 is 14.2 Å². The molecule has 0 fully saturated rings. The number of unbranched alkanes of at least 4 members (excludes halogenated alkanes) is 15. The van der Waals surface area contributed by atoms with Gasteiger partial charge in [-0.1, -0.05) is 123 Å². The quantitative estimate of drug-likeness (QED) is 0.101. The SMILES string of the molecule is CCCCCCCCOc1ccc2sc3cccc(OCCCCCCCC)c3c2c1OCCCCCCCC. The number of benzene rings is 2. The van der Waals surface area contributed by atoms with Crippen LogP contribution in [0.3, 0.4) is 0 Å². The zero-order valence-corrected chi connectivity index (χ0v) is 26.7. The van der Waals surface area contributed by atoms with E-state index < -0.39 is 0 Å². The van der Waals surface area contributed by atoms with Gasteiger partial charge in [0, 0.05) is 14.8 Å². The molecular weight excluding hydrogens is 512 g/mol. The summed E-state index contributed by atoms with van der Waals surface area (Å²) in [6, 6.07) is 10.8. The van der Waals surface area contributed by atoms with Crippen molar-refractivity contribution in [3.05, 3.63) is 30.3 Å². The van der Waals surface area contributed by atoms with Crippen molar-refractivity contribution in [3.8, 4) is 17.2 Å². The first-order valence-electron chi connectivity index (χ1n) is 16.7. The van der Waals surface area contributed by atoms with Gasteiger partial charge >= 0.3 is 0 Å². The van der Waals surface area contributed by atoms with Gasteiger partial charge in [-0.25, -0.2) is 0 Å². The van der Waals surface area contributed by atoms with E-state index in [0.29, 0.717) is 0 Å². The van der Waals surface area contributed by atoms with Crippen molar-refractivity contribution in [1.82, 2.24) is 0 Å². The Kier molecular flexibility index (Phi) is 16.3. The predicted molar refractivity (Wildman–Crippen MR) is 176 cm³/mol. The van der Waals surface area contributed by atoms with Gasteiger partial charge in [-0.2, -0.15) is 0 Å². The Morgan fingerprint density at radius 1 is 0.450 bits per heavy atom. The Morgan fingerprint density at radius 3 is 1.50 bits per heavy atom. The molecule has 0 saturated heterocycles. The fraction of sp³-hybridized carbons (Fsp3) is 0.667. The molecule has 0 aliphatic rings. The molecule has 224 valence electrons. The summed E-state index contributed by atoms with van der Waals surface area (Å²) in [5.74, 6) is 2.78. The molecule has 0 unspecified atom stereocenters. The molecule has 3 nitrogen and oxygen atoms in total. The highest BCUT2D eigenvalue weighted by Crippen LogP contribution is 2.47. The first-order chi connectivity index (χ1) is 19.8. The molecule has 0 radical (unpaired) electrons. The molecular formula is C36H56O3S. The lowest BCUT2D eigenvalue weighted by atomic mass is 10.1. The van der Waals surface area contributed by atoms with E-state index in [2.05, 4.69) is 51.1 Å². The lowest BCUT2D eigenvalue weighted by Gasteiger charge is -2.15. The third-order valence-corrected chi connectivity index (χ3v) is 8.92. The smallest absolute Gasteiger partial charge is 0.170 e. The summed E-state index contributed by atoms with van der Waals surface area (Å²) < 4.78 is 21.9. The fourth-order valence-electron chi connectivity index (χ4n) is 5.39. The normalized spacial score (nSPS) is 11.5. The second-order valence-electron chi connectivity index (χ2n) is 11.3. The highest BCUT2D eigenvalue weighted by Gasteiger charge is 2.19. The topological polar surface area (TPSA) is 27.7 Å². The van der Waals surface area contributed by atoms with Crippen LogP contribution >= 0.6 is 11.3 Å². The van der Waals surface area contributed by atoms with Gasteiger partial charge in [0.15, 0.2) is 11.5 Å². The molecule has 0 N–H and O–H groups in total. The Labute approximate surface area is 249 Å². The van der Waals surface area contributed by atoms with Gasteiger partial charge in [-0.05, 0) is 43.5 Å². The van der Waals surface area contributed by atoms with Crippen LogP contribution in [0.15, 0.2) is 30.3 Å². The van der Waals surface area contributed by atoms with Crippen LogP contribution in [-0.4, -0.2) is 19.8 Å². The fourth-order valence-corrected chi connectivity index (χ4v) is 6.51. The maximum atomic E-state index is 6.60. The summed E-state index contributed by atoms with van der Waals surface area (Å²) in [7, 11) is 0. The summed E-state index contributed by atoms with van der Waals surface area (Å²) in [6.07, 6.45) is 22.7. The number of rotatable bonds is 24. The van der Waals surface area contributed by atoms with Gasteiger partial charge in [0.2, 0.25) is 0 Å². The van der Waals surface area contributed by atoms with Crippen LogP contribution in [0.2, 0.25) is 0 Å². The summed E-state index contributed by atoms with van der Waals surface area (Å²) in [5, 5.41) is 2.36. The van der Waals surface area contributed by atoms with Crippen molar-refractivity contribution < 1.29 is 14.2 Å². The number of fused-ring (bicyclic) bond motifs is 3. The Bertz CT molecular complexity index is 1070. The summed E-state index contributed by atoms with van der Waals surface area (Å²) >= 11 is 1.83. The van der Waals surface area contributed by atoms with E-state index in [-0.39, 0.29) is 0 Å². The first kappa shape index (κ1) is 32.6. The third kappa shape index (κ3) is 10.8. The zero-order chi connectivity index (χ0) is 28.3. The van der Waals surface area contributed by atoms with Crippen LogP contribution in [0.4, 0.5) is 0 Å². The lowest BCUT2D eigenvalue weighted by molar-refractivity contribution is 0.261. The van der Waals surface area contributed by atoms with Crippen molar-refractivity contribution in [2.75, 3.05) is 19.8 Å². The van der Waals surface area contributed by atoms with Crippen LogP contribution in [0.5, 0.6) is 17.2 Å². The predicted octanol–water partition coefficient (Wildman–Crippen LogP) is 12.3. The molecule has 4 heteroatoms. The Balaban J connectivity index is 1.74. The second-order valence-corrected chi connectivity index (χ2v) is 12.4. The van der Waals surface area contributed by atoms with E-state index in [1.54, 1.807) is 0 Å². The average Bonchev–Trinajstić information content (AvgIpc) is 3.36. The number of hydrogen-bond donors (Lipinski definition) is 0. The maximum absolute atomic E-state index is 6.60. The molecule has 40 heavy (non-hydrogen) atoms. The van der Waals surface area contributed by atoms with Crippen LogP contribution in [0, 0.1) is 0 Å². The minimum Gasteiger partial charge on any atom is -0.493 e. The Hall–Kier alpha value is -1.94. The molecule has 0 saturated carbocycles. The van der Waals surface area contributed by atoms with E-state index >= 15 is 0 Å². The molecule has 0 amide bonds. The van der Waals surface area contributed by atoms with Crippen molar-refractivity contribution >= 4 is 31.5 Å². The summed E-state index contributed by atoms with van der Waals surface area (Å²) in [5.41, 5.74) is 0. The average molecular weight is 569 g/mol. The number of thiophene rings is 1. The van der Waals surface area contributed by atoms with Gasteiger partial charge in [-0.15, -0.1) is 11.3 Å². The second kappa shape index (κ2) is 20.0. The van der Waals surface area contributed by atoms with Gasteiger partial charge in [-0.3, -0.25) is 0 Å². The van der Waals surface area contributed by atoms with Crippen LogP contribution in [-0.2, 0) is 0 Å². The van der Waals surface area contributed by atoms with E-state index in [9.17, 15) is 0 Å². The monoisotopic (exact) mass is 568 g/mol. The minimum absolute atomic E-state index is 0.733. The summed E-state index contributed by atoms with van der Waals surface area (Å²) in [6.45, 7) is 9.06. The van der Waals surface area contributed by atoms with Gasteiger partial charge in [0.1, 0.15) is 5.75 Å². The molecule has 2 aromatic carbocycles. The van der Waals surface area contributed by atoms with Gasteiger partial charge < -0.3 is 14.2 Å². The molecule has 0 aliphatic carbocycles. The molecule has 1 heterocycles. The standard InChI is InChI=1S/C36H56O3S/c1-4-7-10-13-16-19-27-37-30-23-22-24-32-34(30)35-33(40-32)26-25-31(38-28-20-17-14-11-8-5-2)36(35)39-29-21-18-15-12-9-6-3/h22-26H,4-21,27-29H2,1-3H3. The largest absolute Gasteiger partial charge is 0.493 e. The van der Waals surface area contributed by atoms with E-state index in [1.165, 1.54) is 116 Å². The molecule has 3 rings (SSSR count). The maximum Gasteiger partial charge on any atom is 0.170 e. The molecule has 0 atom stereocenters. The van der Waals surface area contributed by atoms with E-state index in [4.69, 9.17) is 14.2 Å². The lowest BCUT2D eigenvalue weighted by Crippen LogP contribution is -2.03. The highest BCUT2D eigenvalue weighted by molar-refractivity contribution is 7.26. The number of ether oxygens (including phenoxy) is 3. The van der Waals surface area contributed by atoms with Gasteiger partial charge in [0.25, 0.3) is 0 Å². The molecule has 0 spiro atoms. The van der Waals surface area contributed by atoms with E-state index in [0.717, 1.165) is 56.3 Å². The number of hydrogen-bond acceptors (Lipinski definition) is 4. The molecule has 0 aliphatic heterocycles. The van der Waals surface area contributed by atoms with Crippen LogP contribution in [0.25, 0.3) is 20.2 Å². The highest BCUT2D eigenvalue weighted by atomic mass is 32.1. The van der Waals surface area contributed by atoms with Gasteiger partial charge in [0.05, 0.1) is 25.2 Å². The molecule has 3 aromatic rings. The first-order valence-corrected chi connectivity index (χ1v) is 17.5. The minimum atomic E-state index is 0.733. The van der Waals surface area contributed by atoms with Crippen molar-refractivity contribution in [3.63, 3.8) is 0 Å². The van der Waals surface area contributed by atoms with Crippen molar-refractivity contribution in [2.24, 2.45) is 0 Å². The molecule has 1 aromatic heterocycles. The Morgan fingerprint density at radius 2 is 0.925 bits per heavy atom. The van der Waals surface area contributed by atoms with Crippen LogP contribution in [0.1, 0.15) is 136 Å². The van der Waals surface area contributed by atoms with Crippen molar-refractivity contribution in [2.45, 2.75) is 136 Å².